The first-order valence-electron chi connectivity index (χ1n) is 21.6. The molecule has 5 heterocycles. The third-order valence-electron chi connectivity index (χ3n) is 13.9. The van der Waals surface area contributed by atoms with Crippen molar-refractivity contribution >= 4 is 22.6 Å². The molecule has 12 bridgehead atoms. The van der Waals surface area contributed by atoms with Gasteiger partial charge >= 0.3 is 0 Å². The van der Waals surface area contributed by atoms with Crippen LogP contribution in [-0.4, -0.2) is 21.4 Å². The molecule has 9 rings (SSSR count). The number of aromatic amines is 2. The molecule has 2 N–H and O–H groups in total. The Kier molecular flexibility index (Phi) is 10.7. The number of H-pyrrole nitrogens is 2. The van der Waals surface area contributed by atoms with Gasteiger partial charge in [-0.3, -0.25) is 9.98 Å². The van der Waals surface area contributed by atoms with Crippen molar-refractivity contribution in [2.24, 2.45) is 9.98 Å². The molecule has 6 aromatic rings. The van der Waals surface area contributed by atoms with Gasteiger partial charge in [-0.1, -0.05) is 104 Å². The molecule has 3 aliphatic heterocycles. The van der Waals surface area contributed by atoms with Crippen LogP contribution in [0.2, 0.25) is 0 Å². The Hall–Kier alpha value is -6.96. The molecule has 4 aromatic carbocycles. The summed E-state index contributed by atoms with van der Waals surface area (Å²) in [6.07, 6.45) is 6.12. The summed E-state index contributed by atoms with van der Waals surface area (Å²) in [6.45, 7) is 14.8. The lowest BCUT2D eigenvalue weighted by atomic mass is 9.75. The van der Waals surface area contributed by atoms with Crippen LogP contribution in [-0.2, 0) is 21.7 Å². The number of benzene rings is 4. The second kappa shape index (κ2) is 15.8. The fourth-order valence-corrected chi connectivity index (χ4v) is 9.16. The average Bonchev–Trinajstić information content (AvgIpc) is 4.17. The van der Waals surface area contributed by atoms with Crippen LogP contribution in [0.3, 0.4) is 0 Å². The zero-order chi connectivity index (χ0) is 49.2. The summed E-state index contributed by atoms with van der Waals surface area (Å²) < 4.78 is 153. The number of fused-ring (bicyclic) bond motifs is 10. The predicted molar refractivity (Wildman–Crippen MR) is 242 cm³/mol. The van der Waals surface area contributed by atoms with Crippen molar-refractivity contribution in [3.05, 3.63) is 223 Å². The molecular weight excluding hydrogens is 895 g/mol. The third-order valence-corrected chi connectivity index (χ3v) is 13.9. The molecule has 0 amide bonds. The van der Waals surface area contributed by atoms with E-state index in [9.17, 15) is 8.78 Å². The lowest BCUT2D eigenvalue weighted by Gasteiger charge is -2.29. The van der Waals surface area contributed by atoms with Crippen LogP contribution in [0.5, 0.6) is 0 Å². The Labute approximate surface area is 385 Å². The Morgan fingerprint density at radius 2 is 0.647 bits per heavy atom. The highest BCUT2D eigenvalue weighted by Crippen LogP contribution is 2.44. The molecule has 0 atom stereocenters. The monoisotopic (exact) mass is 936 g/mol. The number of halogens is 10. The van der Waals surface area contributed by atoms with E-state index in [2.05, 4.69) is 9.97 Å². The highest BCUT2D eigenvalue weighted by Gasteiger charge is 2.38. The maximum atomic E-state index is 15.9. The fraction of sp³-hybridized carbons (Fsp3) is 0.222. The van der Waals surface area contributed by atoms with Crippen molar-refractivity contribution in [3.8, 4) is 0 Å². The van der Waals surface area contributed by atoms with Gasteiger partial charge in [0.2, 0.25) is 11.6 Å². The molecule has 14 heteroatoms. The van der Waals surface area contributed by atoms with Crippen LogP contribution in [0.4, 0.5) is 43.9 Å². The van der Waals surface area contributed by atoms with Gasteiger partial charge in [0, 0.05) is 55.6 Å². The van der Waals surface area contributed by atoms with E-state index < -0.39 is 91.0 Å². The molecule has 0 radical (unpaired) electrons. The molecule has 4 nitrogen and oxygen atoms in total. The quantitative estimate of drug-likeness (QED) is 0.0988. The lowest BCUT2D eigenvalue weighted by Crippen LogP contribution is -2.30. The van der Waals surface area contributed by atoms with Crippen LogP contribution in [0.15, 0.2) is 118 Å². The van der Waals surface area contributed by atoms with Gasteiger partial charge in [0.1, 0.15) is 0 Å². The van der Waals surface area contributed by atoms with Gasteiger partial charge < -0.3 is 9.97 Å². The summed E-state index contributed by atoms with van der Waals surface area (Å²) in [5.41, 5.74) is -2.33. The van der Waals surface area contributed by atoms with Crippen molar-refractivity contribution in [1.82, 2.24) is 9.97 Å². The Morgan fingerprint density at radius 3 is 0.971 bits per heavy atom. The van der Waals surface area contributed by atoms with Gasteiger partial charge in [0.15, 0.2) is 46.5 Å². The molecule has 0 aliphatic carbocycles. The van der Waals surface area contributed by atoms with Crippen LogP contribution in [0.1, 0.15) is 112 Å². The van der Waals surface area contributed by atoms with Crippen molar-refractivity contribution in [2.45, 2.75) is 77.0 Å². The molecule has 0 unspecified atom stereocenters. The van der Waals surface area contributed by atoms with E-state index in [1.165, 1.54) is 24.3 Å². The van der Waals surface area contributed by atoms with E-state index >= 15 is 35.1 Å². The van der Waals surface area contributed by atoms with Crippen molar-refractivity contribution in [1.29, 1.82) is 0 Å². The van der Waals surface area contributed by atoms with E-state index in [0.717, 1.165) is 11.1 Å². The number of hydrogen-bond donors (Lipinski definition) is 2. The van der Waals surface area contributed by atoms with E-state index in [0.29, 0.717) is 33.9 Å². The number of allylic oxidation sites excluding steroid dienone is 4. The first-order valence-corrected chi connectivity index (χ1v) is 21.6. The average molecular weight is 937 g/mol. The highest BCUT2D eigenvalue weighted by molar-refractivity contribution is 6.09. The first-order chi connectivity index (χ1) is 31.9. The first kappa shape index (κ1) is 46.2. The van der Waals surface area contributed by atoms with Crippen LogP contribution in [0, 0.1) is 58.2 Å². The van der Waals surface area contributed by atoms with Gasteiger partial charge in [-0.25, -0.2) is 43.9 Å². The Morgan fingerprint density at radius 1 is 0.353 bits per heavy atom. The normalized spacial score (nSPS) is 20.1. The minimum absolute atomic E-state index is 0.0229. The maximum Gasteiger partial charge on any atom is 0.200 e. The fourth-order valence-electron chi connectivity index (χ4n) is 9.16. The van der Waals surface area contributed by atoms with Crippen molar-refractivity contribution in [2.75, 3.05) is 0 Å². The van der Waals surface area contributed by atoms with Crippen LogP contribution < -0.4 is 0 Å². The van der Waals surface area contributed by atoms with Gasteiger partial charge in [-0.05, 0) is 70.8 Å². The number of aromatic nitrogens is 2. The molecule has 2 aromatic heterocycles. The van der Waals surface area contributed by atoms with Gasteiger partial charge in [0.05, 0.1) is 33.9 Å². The van der Waals surface area contributed by atoms with E-state index in [-0.39, 0.29) is 33.9 Å². The number of rotatable bonds is 2. The van der Waals surface area contributed by atoms with E-state index in [1.54, 1.807) is 36.4 Å². The summed E-state index contributed by atoms with van der Waals surface area (Å²) in [4.78, 5) is 16.1. The molecule has 0 saturated heterocycles. The zero-order valence-corrected chi connectivity index (χ0v) is 37.9. The third kappa shape index (κ3) is 6.96. The summed E-state index contributed by atoms with van der Waals surface area (Å²) in [6, 6.07) is 21.0. The number of hydrogen-bond acceptors (Lipinski definition) is 2. The van der Waals surface area contributed by atoms with E-state index in [1.807, 2.05) is 91.8 Å². The second-order valence-corrected chi connectivity index (χ2v) is 19.3. The minimum Gasteiger partial charge on any atom is -0.358 e. The SMILES string of the molecule is CC1(C)C2=N/C(=C(/c3c(F)c(F)c(F)c(F)c3F)c3ccc([nH]3)C(C)(C)c3cccc(c3)C(C)(C)c3ccc([nH]3)/C(c3c(F)c(F)c(F)c(F)c3F)=C3\C=CC(=N3)C(C)(C)c3cccc1c3)C=C2. The number of nitrogens with one attached hydrogen (secondary N) is 2. The lowest BCUT2D eigenvalue weighted by molar-refractivity contribution is 0.376. The summed E-state index contributed by atoms with van der Waals surface area (Å²) in [7, 11) is 0. The molecule has 0 saturated carbocycles. The summed E-state index contributed by atoms with van der Waals surface area (Å²) in [5.74, 6) is -21.1. The largest absolute Gasteiger partial charge is 0.358 e. The molecule has 68 heavy (non-hydrogen) atoms. The van der Waals surface area contributed by atoms with Gasteiger partial charge in [-0.15, -0.1) is 0 Å². The van der Waals surface area contributed by atoms with Gasteiger partial charge in [0.25, 0.3) is 0 Å². The Balaban J connectivity index is 1.32. The Bertz CT molecular complexity index is 3080. The maximum absolute atomic E-state index is 15.9. The van der Waals surface area contributed by atoms with Crippen molar-refractivity contribution in [3.63, 3.8) is 0 Å². The van der Waals surface area contributed by atoms with Gasteiger partial charge in [-0.2, -0.15) is 0 Å². The molecule has 3 aliphatic rings. The summed E-state index contributed by atoms with van der Waals surface area (Å²) >= 11 is 0. The number of aliphatic imine (C=N–C) groups is 2. The predicted octanol–water partition coefficient (Wildman–Crippen LogP) is 14.2. The molecule has 348 valence electrons. The molecular formula is C54H42F10N4. The van der Waals surface area contributed by atoms with E-state index in [4.69, 9.17) is 9.98 Å². The number of nitrogens with zero attached hydrogens (tertiary/aromatic N) is 2. The smallest absolute Gasteiger partial charge is 0.200 e. The topological polar surface area (TPSA) is 56.3 Å². The minimum atomic E-state index is -2.30. The summed E-state index contributed by atoms with van der Waals surface area (Å²) in [5, 5.41) is 0. The second-order valence-electron chi connectivity index (χ2n) is 19.3. The highest BCUT2D eigenvalue weighted by atomic mass is 19.2. The molecule has 0 fully saturated rings. The van der Waals surface area contributed by atoms with Crippen LogP contribution >= 0.6 is 0 Å². The standard InChI is InChI=1S/C54H42F10N4/c1-51(2)25-11-9-12-26(23-25)52(3,4)34-20-17-31(67-34)38(40-43(57)47(61)50(64)48(62)44(40)58)32-18-22-36(68-32)54(7,8)28-14-10-13-27(24-28)53(5,6)35-21-16-30(66-35)37(29-15-19-33(51)65-29)39-41(55)45(59)49(63)46(60)42(39)56/h9-24,65,67H,1-8H3/b37-30-,38-32+. The zero-order valence-electron chi connectivity index (χ0n) is 37.9. The molecule has 0 spiro atoms. The van der Waals surface area contributed by atoms with Crippen LogP contribution in [0.25, 0.3) is 11.1 Å². The van der Waals surface area contributed by atoms with Crippen molar-refractivity contribution < 1.29 is 43.9 Å².